The van der Waals surface area contributed by atoms with Crippen LogP contribution in [0.25, 0.3) is 10.6 Å². The number of carbonyl (C=O) groups is 1. The van der Waals surface area contributed by atoms with Gasteiger partial charge in [-0.05, 0) is 0 Å². The first kappa shape index (κ1) is 19.9. The SMILES string of the molecule is Cl.Cl.O=C(NCC1CNCC1O)c1csc(-c2ccccc2)n1. The van der Waals surface area contributed by atoms with Crippen LogP contribution in [-0.2, 0) is 0 Å². The molecular weight excluding hydrogens is 357 g/mol. The van der Waals surface area contributed by atoms with Gasteiger partial charge in [-0.3, -0.25) is 4.79 Å². The van der Waals surface area contributed by atoms with Crippen LogP contribution in [0.5, 0.6) is 0 Å². The van der Waals surface area contributed by atoms with Crippen molar-refractivity contribution < 1.29 is 9.90 Å². The van der Waals surface area contributed by atoms with Crippen LogP contribution < -0.4 is 10.6 Å². The summed E-state index contributed by atoms with van der Waals surface area (Å²) in [4.78, 5) is 16.5. The van der Waals surface area contributed by atoms with Crippen LogP contribution in [0.1, 0.15) is 10.5 Å². The van der Waals surface area contributed by atoms with Gasteiger partial charge in [0.25, 0.3) is 5.91 Å². The van der Waals surface area contributed by atoms with E-state index in [1.807, 2.05) is 30.3 Å². The Hall–Kier alpha value is -1.18. The smallest absolute Gasteiger partial charge is 0.270 e. The monoisotopic (exact) mass is 375 g/mol. The summed E-state index contributed by atoms with van der Waals surface area (Å²) in [6.45, 7) is 1.79. The van der Waals surface area contributed by atoms with Crippen molar-refractivity contribution in [3.05, 3.63) is 41.4 Å². The van der Waals surface area contributed by atoms with Gasteiger partial charge in [0, 0.05) is 36.5 Å². The Morgan fingerprint density at radius 2 is 2.04 bits per heavy atom. The van der Waals surface area contributed by atoms with Gasteiger partial charge in [0.15, 0.2) is 0 Å². The van der Waals surface area contributed by atoms with Gasteiger partial charge in [-0.25, -0.2) is 4.98 Å². The van der Waals surface area contributed by atoms with Crippen molar-refractivity contribution >= 4 is 42.1 Å². The number of nitrogens with zero attached hydrogens (tertiary/aromatic N) is 1. The molecule has 2 atom stereocenters. The second-order valence-electron chi connectivity index (χ2n) is 5.10. The van der Waals surface area contributed by atoms with Gasteiger partial charge in [0.2, 0.25) is 0 Å². The summed E-state index contributed by atoms with van der Waals surface area (Å²) in [5.74, 6) is -0.117. The number of rotatable bonds is 4. The van der Waals surface area contributed by atoms with Gasteiger partial charge in [-0.1, -0.05) is 30.3 Å². The summed E-state index contributed by atoms with van der Waals surface area (Å²) in [6, 6.07) is 9.80. The Morgan fingerprint density at radius 3 is 2.70 bits per heavy atom. The van der Waals surface area contributed by atoms with E-state index >= 15 is 0 Å². The zero-order valence-electron chi connectivity index (χ0n) is 12.3. The first-order valence-electron chi connectivity index (χ1n) is 6.92. The number of thiazole rings is 1. The molecule has 1 saturated heterocycles. The average Bonchev–Trinajstić information content (AvgIpc) is 3.15. The molecule has 5 nitrogen and oxygen atoms in total. The second kappa shape index (κ2) is 9.20. The molecular formula is C15H19Cl2N3O2S. The first-order valence-corrected chi connectivity index (χ1v) is 7.80. The van der Waals surface area contributed by atoms with E-state index in [0.717, 1.165) is 17.1 Å². The topological polar surface area (TPSA) is 74.2 Å². The summed E-state index contributed by atoms with van der Waals surface area (Å²) >= 11 is 1.46. The lowest BCUT2D eigenvalue weighted by atomic mass is 10.1. The molecule has 8 heteroatoms. The van der Waals surface area contributed by atoms with Gasteiger partial charge in [0.1, 0.15) is 10.7 Å². The highest BCUT2D eigenvalue weighted by Gasteiger charge is 2.25. The molecule has 1 aromatic heterocycles. The van der Waals surface area contributed by atoms with Gasteiger partial charge >= 0.3 is 0 Å². The number of β-amino-alcohol motifs (C(OH)–C–C–N with tert-alkyl or cyclic N) is 1. The zero-order valence-corrected chi connectivity index (χ0v) is 14.7. The van der Waals surface area contributed by atoms with E-state index in [1.54, 1.807) is 5.38 Å². The van der Waals surface area contributed by atoms with Crippen LogP contribution in [0.3, 0.4) is 0 Å². The molecule has 23 heavy (non-hydrogen) atoms. The number of halogens is 2. The largest absolute Gasteiger partial charge is 0.391 e. The van der Waals surface area contributed by atoms with Crippen molar-refractivity contribution in [2.75, 3.05) is 19.6 Å². The maximum Gasteiger partial charge on any atom is 0.270 e. The Balaban J connectivity index is 0.00000132. The molecule has 0 radical (unpaired) electrons. The molecule has 3 rings (SSSR count). The van der Waals surface area contributed by atoms with Crippen molar-refractivity contribution in [2.45, 2.75) is 6.10 Å². The lowest BCUT2D eigenvalue weighted by Gasteiger charge is -2.13. The fourth-order valence-corrected chi connectivity index (χ4v) is 3.14. The molecule has 3 N–H and O–H groups in total. The Labute approximate surface area is 151 Å². The van der Waals surface area contributed by atoms with Crippen LogP contribution >= 0.6 is 36.2 Å². The second-order valence-corrected chi connectivity index (χ2v) is 5.96. The number of carbonyl (C=O) groups excluding carboxylic acids is 1. The number of hydrogen-bond donors (Lipinski definition) is 3. The fraction of sp³-hybridized carbons (Fsp3) is 0.333. The van der Waals surface area contributed by atoms with E-state index in [0.29, 0.717) is 18.8 Å². The number of aliphatic hydroxyl groups excluding tert-OH is 1. The van der Waals surface area contributed by atoms with E-state index < -0.39 is 0 Å². The minimum atomic E-state index is -0.388. The maximum absolute atomic E-state index is 12.1. The normalized spacial score (nSPS) is 19.5. The van der Waals surface area contributed by atoms with E-state index in [4.69, 9.17) is 0 Å². The van der Waals surface area contributed by atoms with Gasteiger partial charge in [-0.15, -0.1) is 36.2 Å². The quantitative estimate of drug-likeness (QED) is 0.763. The van der Waals surface area contributed by atoms with E-state index in [-0.39, 0.29) is 42.7 Å². The Morgan fingerprint density at radius 1 is 1.30 bits per heavy atom. The predicted octanol–water partition coefficient (Wildman–Crippen LogP) is 1.96. The van der Waals surface area contributed by atoms with Gasteiger partial charge in [-0.2, -0.15) is 0 Å². The molecule has 1 fully saturated rings. The van der Waals surface area contributed by atoms with Crippen molar-refractivity contribution in [1.82, 2.24) is 15.6 Å². The van der Waals surface area contributed by atoms with Crippen molar-refractivity contribution in [3.63, 3.8) is 0 Å². The summed E-state index contributed by atoms with van der Waals surface area (Å²) in [7, 11) is 0. The van der Waals surface area contributed by atoms with E-state index in [1.165, 1.54) is 11.3 Å². The van der Waals surface area contributed by atoms with Crippen LogP contribution in [0, 0.1) is 5.92 Å². The van der Waals surface area contributed by atoms with E-state index in [9.17, 15) is 9.90 Å². The minimum Gasteiger partial charge on any atom is -0.391 e. The van der Waals surface area contributed by atoms with Crippen LogP contribution in [0.4, 0.5) is 0 Å². The third-order valence-electron chi connectivity index (χ3n) is 3.59. The molecule has 2 heterocycles. The molecule has 0 spiro atoms. The van der Waals surface area contributed by atoms with Crippen LogP contribution in [0.2, 0.25) is 0 Å². The number of amides is 1. The van der Waals surface area contributed by atoms with Crippen molar-refractivity contribution in [1.29, 1.82) is 0 Å². The van der Waals surface area contributed by atoms with Crippen LogP contribution in [0.15, 0.2) is 35.7 Å². The summed E-state index contributed by atoms with van der Waals surface area (Å²) in [5.41, 5.74) is 1.44. The average molecular weight is 376 g/mol. The summed E-state index contributed by atoms with van der Waals surface area (Å²) in [5, 5.41) is 18.2. The van der Waals surface area contributed by atoms with Crippen molar-refractivity contribution in [3.8, 4) is 10.6 Å². The Kier molecular flexibility index (Phi) is 7.94. The summed E-state index contributed by atoms with van der Waals surface area (Å²) < 4.78 is 0. The first-order chi connectivity index (χ1) is 10.2. The molecule has 0 saturated carbocycles. The van der Waals surface area contributed by atoms with E-state index in [2.05, 4.69) is 15.6 Å². The highest BCUT2D eigenvalue weighted by atomic mass is 35.5. The molecule has 2 unspecified atom stereocenters. The fourth-order valence-electron chi connectivity index (χ4n) is 2.33. The number of aromatic nitrogens is 1. The zero-order chi connectivity index (χ0) is 14.7. The third-order valence-corrected chi connectivity index (χ3v) is 4.48. The molecule has 2 aromatic rings. The lowest BCUT2D eigenvalue weighted by Crippen LogP contribution is -2.34. The molecule has 1 amide bonds. The predicted molar refractivity (Wildman–Crippen MR) is 96.7 cm³/mol. The molecule has 0 aliphatic carbocycles. The maximum atomic E-state index is 12.1. The number of benzene rings is 1. The van der Waals surface area contributed by atoms with Crippen molar-refractivity contribution in [2.24, 2.45) is 5.92 Å². The standard InChI is InChI=1S/C15H17N3O2S.2ClH/c19-13-8-16-6-11(13)7-17-14(20)12-9-21-15(18-12)10-4-2-1-3-5-10;;/h1-5,9,11,13,16,19H,6-8H2,(H,17,20);2*1H. The molecule has 1 aliphatic rings. The number of aliphatic hydroxyl groups is 1. The molecule has 0 bridgehead atoms. The third kappa shape index (κ3) is 4.89. The molecule has 1 aliphatic heterocycles. The number of nitrogens with one attached hydrogen (secondary N) is 2. The highest BCUT2D eigenvalue weighted by molar-refractivity contribution is 7.13. The highest BCUT2D eigenvalue weighted by Crippen LogP contribution is 2.23. The molecule has 1 aromatic carbocycles. The van der Waals surface area contributed by atoms with Gasteiger partial charge < -0.3 is 15.7 Å². The minimum absolute atomic E-state index is 0. The lowest BCUT2D eigenvalue weighted by molar-refractivity contribution is 0.0923. The number of hydrogen-bond acceptors (Lipinski definition) is 5. The Bertz CT molecular complexity index is 624. The summed E-state index contributed by atoms with van der Waals surface area (Å²) in [6.07, 6.45) is -0.388. The van der Waals surface area contributed by atoms with Crippen LogP contribution in [-0.4, -0.2) is 41.7 Å². The van der Waals surface area contributed by atoms with Gasteiger partial charge in [0.05, 0.1) is 6.10 Å². The molecule has 126 valence electrons.